The Morgan fingerprint density at radius 1 is 1.27 bits per heavy atom. The summed E-state index contributed by atoms with van der Waals surface area (Å²) in [5, 5.41) is 3.95. The topological polar surface area (TPSA) is 21.6 Å². The lowest BCUT2D eigenvalue weighted by atomic mass is 10.1. The van der Waals surface area contributed by atoms with Crippen LogP contribution < -0.4 is 0 Å². The van der Waals surface area contributed by atoms with E-state index in [9.17, 15) is 0 Å². The minimum atomic E-state index is 0.718. The number of aryl methyl sites for hydroxylation is 1. The summed E-state index contributed by atoms with van der Waals surface area (Å²) in [4.78, 5) is 5.16. The third-order valence-corrected chi connectivity index (χ3v) is 2.29. The minimum Gasteiger partial charge on any atom is -0.396 e. The predicted octanol–water partition coefficient (Wildman–Crippen LogP) is 3.54. The molecule has 15 heavy (non-hydrogen) atoms. The molecule has 0 bridgehead atoms. The van der Waals surface area contributed by atoms with Crippen LogP contribution in [0.4, 0.5) is 0 Å². The fourth-order valence-electron chi connectivity index (χ4n) is 1.30. The largest absolute Gasteiger partial charge is 0.396 e. The van der Waals surface area contributed by atoms with Crippen molar-refractivity contribution in [1.82, 2.24) is 0 Å². The van der Waals surface area contributed by atoms with Crippen LogP contribution in [0.2, 0.25) is 0 Å². The van der Waals surface area contributed by atoms with Gasteiger partial charge < -0.3 is 4.84 Å². The van der Waals surface area contributed by atoms with Gasteiger partial charge in [-0.05, 0) is 24.5 Å². The first-order chi connectivity index (χ1) is 7.34. The molecular formula is C13H19NO. The average molecular weight is 205 g/mol. The molecule has 0 aliphatic rings. The molecule has 0 atom stereocenters. The van der Waals surface area contributed by atoms with Gasteiger partial charge in [0.1, 0.15) is 6.61 Å². The summed E-state index contributed by atoms with van der Waals surface area (Å²) in [7, 11) is 0. The zero-order valence-corrected chi connectivity index (χ0v) is 9.57. The first-order valence-corrected chi connectivity index (χ1v) is 5.55. The molecule has 0 saturated carbocycles. The van der Waals surface area contributed by atoms with E-state index >= 15 is 0 Å². The lowest BCUT2D eigenvalue weighted by molar-refractivity contribution is 0.141. The molecule has 0 spiro atoms. The highest BCUT2D eigenvalue weighted by Crippen LogP contribution is 2.03. The Labute approximate surface area is 91.9 Å². The third kappa shape index (κ3) is 4.63. The van der Waals surface area contributed by atoms with Crippen LogP contribution in [-0.4, -0.2) is 12.8 Å². The monoisotopic (exact) mass is 205 g/mol. The van der Waals surface area contributed by atoms with Crippen molar-refractivity contribution in [3.05, 3.63) is 35.4 Å². The molecule has 0 aromatic heterocycles. The average Bonchev–Trinajstić information content (AvgIpc) is 2.25. The van der Waals surface area contributed by atoms with Gasteiger partial charge in [0, 0.05) is 0 Å². The van der Waals surface area contributed by atoms with Crippen molar-refractivity contribution in [2.45, 2.75) is 33.1 Å². The highest BCUT2D eigenvalue weighted by atomic mass is 16.6. The first-order valence-electron chi connectivity index (χ1n) is 5.55. The summed E-state index contributed by atoms with van der Waals surface area (Å²) in [5.41, 5.74) is 2.34. The SMILES string of the molecule is CCCCCON=Cc1ccccc1C. The van der Waals surface area contributed by atoms with Gasteiger partial charge in [0.15, 0.2) is 0 Å². The van der Waals surface area contributed by atoms with Crippen molar-refractivity contribution in [3.63, 3.8) is 0 Å². The fraction of sp³-hybridized carbons (Fsp3) is 0.462. The summed E-state index contributed by atoms with van der Waals surface area (Å²) < 4.78 is 0. The number of nitrogens with zero attached hydrogens (tertiary/aromatic N) is 1. The van der Waals surface area contributed by atoms with Gasteiger partial charge in [0.2, 0.25) is 0 Å². The Morgan fingerprint density at radius 3 is 2.80 bits per heavy atom. The summed E-state index contributed by atoms with van der Waals surface area (Å²) >= 11 is 0. The molecule has 2 nitrogen and oxygen atoms in total. The van der Waals surface area contributed by atoms with Crippen LogP contribution in [0.15, 0.2) is 29.4 Å². The summed E-state index contributed by atoms with van der Waals surface area (Å²) in [6.07, 6.45) is 5.29. The first kappa shape index (κ1) is 11.8. The Balaban J connectivity index is 2.29. The predicted molar refractivity (Wildman–Crippen MR) is 64.3 cm³/mol. The van der Waals surface area contributed by atoms with Crippen LogP contribution in [0, 0.1) is 6.92 Å². The third-order valence-electron chi connectivity index (χ3n) is 2.29. The smallest absolute Gasteiger partial charge is 0.117 e. The van der Waals surface area contributed by atoms with E-state index in [1.165, 1.54) is 18.4 Å². The molecule has 0 aliphatic carbocycles. The van der Waals surface area contributed by atoms with E-state index < -0.39 is 0 Å². The van der Waals surface area contributed by atoms with Crippen molar-refractivity contribution < 1.29 is 4.84 Å². The quantitative estimate of drug-likeness (QED) is 0.395. The van der Waals surface area contributed by atoms with E-state index in [0.717, 1.165) is 18.6 Å². The molecule has 0 N–H and O–H groups in total. The second-order valence-corrected chi connectivity index (χ2v) is 3.63. The van der Waals surface area contributed by atoms with Gasteiger partial charge in [-0.3, -0.25) is 0 Å². The molecule has 0 aliphatic heterocycles. The molecule has 2 heteroatoms. The van der Waals surface area contributed by atoms with Crippen LogP contribution in [0.3, 0.4) is 0 Å². The van der Waals surface area contributed by atoms with Crippen LogP contribution >= 0.6 is 0 Å². The number of hydrogen-bond donors (Lipinski definition) is 0. The maximum absolute atomic E-state index is 5.16. The maximum atomic E-state index is 5.16. The molecule has 0 fully saturated rings. The van der Waals surface area contributed by atoms with Crippen molar-refractivity contribution in [3.8, 4) is 0 Å². The molecule has 1 aromatic carbocycles. The van der Waals surface area contributed by atoms with E-state index in [-0.39, 0.29) is 0 Å². The van der Waals surface area contributed by atoms with Crippen molar-refractivity contribution in [1.29, 1.82) is 0 Å². The van der Waals surface area contributed by atoms with E-state index in [1.54, 1.807) is 6.21 Å². The van der Waals surface area contributed by atoms with E-state index in [4.69, 9.17) is 4.84 Å². The second kappa shape index (κ2) is 7.04. The molecule has 1 rings (SSSR count). The molecule has 0 heterocycles. The van der Waals surface area contributed by atoms with Gasteiger partial charge >= 0.3 is 0 Å². The van der Waals surface area contributed by atoms with Crippen molar-refractivity contribution in [2.24, 2.45) is 5.16 Å². The van der Waals surface area contributed by atoms with Gasteiger partial charge in [-0.15, -0.1) is 0 Å². The van der Waals surface area contributed by atoms with Crippen LogP contribution in [-0.2, 0) is 4.84 Å². The van der Waals surface area contributed by atoms with Crippen LogP contribution in [0.5, 0.6) is 0 Å². The Morgan fingerprint density at radius 2 is 2.07 bits per heavy atom. The number of unbranched alkanes of at least 4 members (excludes halogenated alkanes) is 2. The maximum Gasteiger partial charge on any atom is 0.117 e. The number of benzene rings is 1. The Bertz CT molecular complexity index is 307. The Kier molecular flexibility index (Phi) is 5.52. The Hall–Kier alpha value is -1.31. The number of oxime groups is 1. The zero-order chi connectivity index (χ0) is 10.9. The number of hydrogen-bond acceptors (Lipinski definition) is 2. The van der Waals surface area contributed by atoms with Gasteiger partial charge in [-0.2, -0.15) is 0 Å². The summed E-state index contributed by atoms with van der Waals surface area (Å²) in [6, 6.07) is 8.13. The second-order valence-electron chi connectivity index (χ2n) is 3.63. The highest BCUT2D eigenvalue weighted by molar-refractivity contribution is 5.80. The van der Waals surface area contributed by atoms with E-state index in [0.29, 0.717) is 0 Å². The van der Waals surface area contributed by atoms with Crippen LogP contribution in [0.25, 0.3) is 0 Å². The molecule has 82 valence electrons. The summed E-state index contributed by atoms with van der Waals surface area (Å²) in [6.45, 7) is 4.96. The molecule has 0 saturated heterocycles. The number of rotatable bonds is 6. The molecular weight excluding hydrogens is 186 g/mol. The van der Waals surface area contributed by atoms with Crippen LogP contribution in [0.1, 0.15) is 37.3 Å². The van der Waals surface area contributed by atoms with E-state index in [1.807, 2.05) is 18.2 Å². The fourth-order valence-corrected chi connectivity index (χ4v) is 1.30. The van der Waals surface area contributed by atoms with Gasteiger partial charge in [-0.25, -0.2) is 0 Å². The molecule has 0 radical (unpaired) electrons. The van der Waals surface area contributed by atoms with Crippen molar-refractivity contribution >= 4 is 6.21 Å². The standard InChI is InChI=1S/C13H19NO/c1-3-4-7-10-15-14-11-13-9-6-5-8-12(13)2/h5-6,8-9,11H,3-4,7,10H2,1-2H3. The lowest BCUT2D eigenvalue weighted by Gasteiger charge is -1.99. The van der Waals surface area contributed by atoms with Gasteiger partial charge in [0.05, 0.1) is 6.21 Å². The molecule has 0 unspecified atom stereocenters. The van der Waals surface area contributed by atoms with E-state index in [2.05, 4.69) is 25.1 Å². The van der Waals surface area contributed by atoms with Gasteiger partial charge in [-0.1, -0.05) is 49.2 Å². The van der Waals surface area contributed by atoms with Gasteiger partial charge in [0.25, 0.3) is 0 Å². The molecule has 0 amide bonds. The van der Waals surface area contributed by atoms with Crippen molar-refractivity contribution in [2.75, 3.05) is 6.61 Å². The normalized spacial score (nSPS) is 10.8. The summed E-state index contributed by atoms with van der Waals surface area (Å²) in [5.74, 6) is 0. The lowest BCUT2D eigenvalue weighted by Crippen LogP contribution is -1.90. The molecule has 1 aromatic rings. The highest BCUT2D eigenvalue weighted by Gasteiger charge is 1.91. The minimum absolute atomic E-state index is 0.718. The zero-order valence-electron chi connectivity index (χ0n) is 9.57.